The Morgan fingerprint density at radius 3 is 2.91 bits per heavy atom. The van der Waals surface area contributed by atoms with Crippen LogP contribution in [0.15, 0.2) is 30.0 Å². The first-order chi connectivity index (χ1) is 11.0. The number of ether oxygens (including phenoxy) is 1. The summed E-state index contributed by atoms with van der Waals surface area (Å²) in [7, 11) is 1.45. The second kappa shape index (κ2) is 5.64. The first-order valence-electron chi connectivity index (χ1n) is 7.08. The average molecular weight is 316 g/mol. The molecule has 8 heteroatoms. The van der Waals surface area contributed by atoms with Crippen LogP contribution in [-0.2, 0) is 11.2 Å². The van der Waals surface area contributed by atoms with Gasteiger partial charge in [0.2, 0.25) is 5.95 Å². The summed E-state index contributed by atoms with van der Waals surface area (Å²) in [6.07, 6.45) is 2.10. The maximum Gasteiger partial charge on any atom is 0.352 e. The first kappa shape index (κ1) is 14.9. The van der Waals surface area contributed by atoms with E-state index in [2.05, 4.69) is 15.4 Å². The number of carboxylic acids is 1. The lowest BCUT2D eigenvalue weighted by Crippen LogP contribution is -2.24. The quantitative estimate of drug-likeness (QED) is 0.784. The monoisotopic (exact) mass is 316 g/mol. The molecule has 1 aromatic carbocycles. The smallest absolute Gasteiger partial charge is 0.352 e. The van der Waals surface area contributed by atoms with E-state index in [4.69, 9.17) is 4.74 Å². The molecule has 1 aliphatic heterocycles. The molecule has 0 saturated carbocycles. The summed E-state index contributed by atoms with van der Waals surface area (Å²) in [6.45, 7) is 1.91. The fourth-order valence-corrected chi connectivity index (χ4v) is 2.48. The third-order valence-corrected chi connectivity index (χ3v) is 3.63. The summed E-state index contributed by atoms with van der Waals surface area (Å²) in [6, 6.07) is 4.45. The van der Waals surface area contributed by atoms with Crippen molar-refractivity contribution in [1.82, 2.24) is 14.8 Å². The van der Waals surface area contributed by atoms with Gasteiger partial charge >= 0.3 is 5.97 Å². The Morgan fingerprint density at radius 2 is 2.26 bits per heavy atom. The summed E-state index contributed by atoms with van der Waals surface area (Å²) in [5.41, 5.74) is 0.471. The van der Waals surface area contributed by atoms with Crippen LogP contribution in [0.1, 0.15) is 24.4 Å². The Balaban J connectivity index is 2.17. The fraction of sp³-hybridized carbons (Fsp3) is 0.267. The number of fused-ring (bicyclic) bond motifs is 1. The van der Waals surface area contributed by atoms with Gasteiger partial charge in [0.05, 0.1) is 7.11 Å². The summed E-state index contributed by atoms with van der Waals surface area (Å²) in [5, 5.41) is 26.8. The minimum absolute atomic E-state index is 0.0141. The highest BCUT2D eigenvalue weighted by Gasteiger charge is 2.29. The SMILES string of the molecule is CCc1nc2n(n1)[C@H](c1cccc(OC)c1O)C=C(C(=O)O)N2. The summed E-state index contributed by atoms with van der Waals surface area (Å²) >= 11 is 0. The van der Waals surface area contributed by atoms with Crippen LogP contribution in [-0.4, -0.2) is 38.1 Å². The van der Waals surface area contributed by atoms with E-state index in [0.717, 1.165) is 0 Å². The third kappa shape index (κ3) is 2.48. The van der Waals surface area contributed by atoms with E-state index in [9.17, 15) is 15.0 Å². The zero-order valence-corrected chi connectivity index (χ0v) is 12.6. The molecule has 120 valence electrons. The molecule has 3 rings (SSSR count). The predicted octanol–water partition coefficient (Wildman–Crippen LogP) is 1.54. The standard InChI is InChI=1S/C15H16N4O4/c1-3-12-17-15-16-9(14(21)22)7-10(19(15)18-12)8-5-4-6-11(23-2)13(8)20/h4-7,10,20H,3H2,1-2H3,(H,21,22)(H,16,17,18)/t10-/m0/s1. The molecule has 8 nitrogen and oxygen atoms in total. The number of nitrogens with zero attached hydrogens (tertiary/aromatic N) is 3. The number of hydrogen-bond acceptors (Lipinski definition) is 6. The maximum atomic E-state index is 11.3. The van der Waals surface area contributed by atoms with Crippen LogP contribution in [0, 0.1) is 0 Å². The molecule has 0 aliphatic carbocycles. The van der Waals surface area contributed by atoms with Crippen molar-refractivity contribution in [3.63, 3.8) is 0 Å². The van der Waals surface area contributed by atoms with E-state index in [1.807, 2.05) is 6.92 Å². The largest absolute Gasteiger partial charge is 0.504 e. The molecule has 0 bridgehead atoms. The van der Waals surface area contributed by atoms with Crippen LogP contribution in [0.3, 0.4) is 0 Å². The van der Waals surface area contributed by atoms with Gasteiger partial charge in [0, 0.05) is 12.0 Å². The second-order valence-corrected chi connectivity index (χ2v) is 5.00. The van der Waals surface area contributed by atoms with Crippen molar-refractivity contribution in [2.24, 2.45) is 0 Å². The number of aromatic nitrogens is 3. The maximum absolute atomic E-state index is 11.3. The van der Waals surface area contributed by atoms with Crippen molar-refractivity contribution >= 4 is 11.9 Å². The normalized spacial score (nSPS) is 16.3. The molecule has 0 radical (unpaired) electrons. The minimum atomic E-state index is -1.11. The van der Waals surface area contributed by atoms with E-state index in [1.165, 1.54) is 13.2 Å². The number of carboxylic acid groups (broad SMARTS) is 1. The molecule has 0 unspecified atom stereocenters. The molecule has 1 aromatic heterocycles. The van der Waals surface area contributed by atoms with Crippen molar-refractivity contribution in [3.05, 3.63) is 41.4 Å². The van der Waals surface area contributed by atoms with Crippen LogP contribution in [0.2, 0.25) is 0 Å². The van der Waals surface area contributed by atoms with Gasteiger partial charge < -0.3 is 20.3 Å². The third-order valence-electron chi connectivity index (χ3n) is 3.63. The number of phenols is 1. The Bertz CT molecular complexity index is 797. The van der Waals surface area contributed by atoms with Gasteiger partial charge in [0.15, 0.2) is 17.3 Å². The number of benzene rings is 1. The lowest BCUT2D eigenvalue weighted by atomic mass is 10.0. The lowest BCUT2D eigenvalue weighted by Gasteiger charge is -2.23. The number of allylic oxidation sites excluding steroid dienone is 1. The van der Waals surface area contributed by atoms with Gasteiger partial charge in [-0.15, -0.1) is 0 Å². The average Bonchev–Trinajstić information content (AvgIpc) is 2.97. The Morgan fingerprint density at radius 1 is 1.48 bits per heavy atom. The number of hydrogen-bond donors (Lipinski definition) is 3. The summed E-state index contributed by atoms with van der Waals surface area (Å²) in [4.78, 5) is 15.6. The molecule has 0 fully saturated rings. The Labute approximate surface area is 132 Å². The van der Waals surface area contributed by atoms with Gasteiger partial charge in [-0.3, -0.25) is 0 Å². The van der Waals surface area contributed by atoms with Gasteiger partial charge in [0.25, 0.3) is 0 Å². The number of para-hydroxylation sites is 1. The number of phenolic OH excluding ortho intramolecular Hbond substituents is 1. The highest BCUT2D eigenvalue weighted by atomic mass is 16.5. The summed E-state index contributed by atoms with van der Waals surface area (Å²) in [5.74, 6) is 0.0599. The van der Waals surface area contributed by atoms with Gasteiger partial charge in [0.1, 0.15) is 11.7 Å². The first-order valence-corrected chi connectivity index (χ1v) is 7.08. The number of rotatable bonds is 4. The lowest BCUT2D eigenvalue weighted by molar-refractivity contribution is -0.132. The van der Waals surface area contributed by atoms with E-state index in [-0.39, 0.29) is 11.4 Å². The van der Waals surface area contributed by atoms with Gasteiger partial charge in [-0.05, 0) is 12.1 Å². The number of carbonyl (C=O) groups is 1. The molecule has 2 aromatic rings. The highest BCUT2D eigenvalue weighted by Crippen LogP contribution is 2.38. The number of aromatic hydroxyl groups is 1. The molecule has 0 spiro atoms. The highest BCUT2D eigenvalue weighted by molar-refractivity contribution is 5.90. The molecule has 1 atom stereocenters. The van der Waals surface area contributed by atoms with Crippen LogP contribution < -0.4 is 10.1 Å². The van der Waals surface area contributed by atoms with Gasteiger partial charge in [-0.2, -0.15) is 10.1 Å². The number of methoxy groups -OCH3 is 1. The molecule has 2 heterocycles. The molecular weight excluding hydrogens is 300 g/mol. The Kier molecular flexibility index (Phi) is 3.65. The fourth-order valence-electron chi connectivity index (χ4n) is 2.48. The van der Waals surface area contributed by atoms with Crippen molar-refractivity contribution < 1.29 is 19.7 Å². The van der Waals surface area contributed by atoms with Gasteiger partial charge in [-0.25, -0.2) is 9.48 Å². The zero-order chi connectivity index (χ0) is 16.6. The molecular formula is C15H16N4O4. The second-order valence-electron chi connectivity index (χ2n) is 5.00. The van der Waals surface area contributed by atoms with Crippen LogP contribution in [0.5, 0.6) is 11.5 Å². The van der Waals surface area contributed by atoms with Crippen LogP contribution >= 0.6 is 0 Å². The molecule has 0 amide bonds. The van der Waals surface area contributed by atoms with Crippen molar-refractivity contribution in [2.45, 2.75) is 19.4 Å². The van der Waals surface area contributed by atoms with Gasteiger partial charge in [-0.1, -0.05) is 19.1 Å². The molecule has 0 saturated heterocycles. The number of aryl methyl sites for hydroxylation is 1. The number of aliphatic carboxylic acids is 1. The minimum Gasteiger partial charge on any atom is -0.504 e. The zero-order valence-electron chi connectivity index (χ0n) is 12.6. The molecule has 23 heavy (non-hydrogen) atoms. The Hall–Kier alpha value is -3.03. The van der Waals surface area contributed by atoms with Crippen molar-refractivity contribution in [1.29, 1.82) is 0 Å². The topological polar surface area (TPSA) is 110 Å². The van der Waals surface area contributed by atoms with E-state index in [0.29, 0.717) is 29.5 Å². The predicted molar refractivity (Wildman–Crippen MR) is 81.5 cm³/mol. The van der Waals surface area contributed by atoms with Crippen LogP contribution in [0.25, 0.3) is 0 Å². The van der Waals surface area contributed by atoms with E-state index < -0.39 is 12.0 Å². The molecule has 1 aliphatic rings. The molecule has 3 N–H and O–H groups in total. The number of nitrogens with one attached hydrogen (secondary N) is 1. The van der Waals surface area contributed by atoms with Crippen LogP contribution in [0.4, 0.5) is 5.95 Å². The number of anilines is 1. The van der Waals surface area contributed by atoms with Crippen molar-refractivity contribution in [2.75, 3.05) is 12.4 Å². The van der Waals surface area contributed by atoms with E-state index >= 15 is 0 Å². The summed E-state index contributed by atoms with van der Waals surface area (Å²) < 4.78 is 6.67. The van der Waals surface area contributed by atoms with Crippen molar-refractivity contribution in [3.8, 4) is 11.5 Å². The van der Waals surface area contributed by atoms with E-state index in [1.54, 1.807) is 22.9 Å².